The summed E-state index contributed by atoms with van der Waals surface area (Å²) < 4.78 is 5.23. The summed E-state index contributed by atoms with van der Waals surface area (Å²) in [6, 6.07) is 24.9. The number of amides is 2. The summed E-state index contributed by atoms with van der Waals surface area (Å²) in [6.45, 7) is 0.968. The molecule has 1 heterocycles. The van der Waals surface area contributed by atoms with E-state index in [9.17, 15) is 9.59 Å². The van der Waals surface area contributed by atoms with Crippen molar-refractivity contribution in [1.82, 2.24) is 10.2 Å². The number of ether oxygens (including phenoxy) is 1. The van der Waals surface area contributed by atoms with Crippen molar-refractivity contribution in [3.8, 4) is 5.75 Å². The Bertz CT molecular complexity index is 1220. The van der Waals surface area contributed by atoms with Crippen LogP contribution in [0.2, 0.25) is 5.02 Å². The van der Waals surface area contributed by atoms with Crippen LogP contribution in [0.1, 0.15) is 17.5 Å². The molecular formula is C28H28ClN3O3S. The highest BCUT2D eigenvalue weighted by Gasteiger charge is 2.35. The topological polar surface area (TPSA) is 71.0 Å². The molecule has 0 radical (unpaired) electrons. The van der Waals surface area contributed by atoms with Gasteiger partial charge in [-0.25, -0.2) is 4.99 Å². The Labute approximate surface area is 220 Å². The van der Waals surface area contributed by atoms with E-state index in [2.05, 4.69) is 5.32 Å². The number of methoxy groups -OCH3 is 1. The lowest BCUT2D eigenvalue weighted by molar-refractivity contribution is -0.130. The van der Waals surface area contributed by atoms with Gasteiger partial charge in [-0.1, -0.05) is 71.9 Å². The van der Waals surface area contributed by atoms with Crippen LogP contribution in [0.25, 0.3) is 0 Å². The average molecular weight is 522 g/mol. The van der Waals surface area contributed by atoms with Crippen LogP contribution in [0.4, 0.5) is 5.69 Å². The average Bonchev–Trinajstić information content (AvgIpc) is 2.89. The third-order valence-electron chi connectivity index (χ3n) is 5.80. The molecule has 0 aliphatic carbocycles. The Balaban J connectivity index is 1.46. The molecule has 4 rings (SSSR count). The number of nitrogens with one attached hydrogen (secondary N) is 1. The van der Waals surface area contributed by atoms with Crippen LogP contribution < -0.4 is 10.1 Å². The van der Waals surface area contributed by atoms with Crippen LogP contribution in [0, 0.1) is 0 Å². The van der Waals surface area contributed by atoms with Crippen molar-refractivity contribution < 1.29 is 14.3 Å². The highest BCUT2D eigenvalue weighted by molar-refractivity contribution is 8.15. The Morgan fingerprint density at radius 2 is 1.81 bits per heavy atom. The zero-order valence-corrected chi connectivity index (χ0v) is 21.6. The lowest BCUT2D eigenvalue weighted by Gasteiger charge is -2.32. The van der Waals surface area contributed by atoms with E-state index < -0.39 is 5.25 Å². The van der Waals surface area contributed by atoms with Crippen LogP contribution in [0.3, 0.4) is 0 Å². The molecule has 1 atom stereocenters. The zero-order valence-electron chi connectivity index (χ0n) is 20.0. The van der Waals surface area contributed by atoms with E-state index in [1.165, 1.54) is 11.8 Å². The Morgan fingerprint density at radius 3 is 2.53 bits per heavy atom. The SMILES string of the molecule is COc1ccc(CCN2C(=O)CC(C(=O)NCCc3ccccc3)SC2=Nc2cccc(Cl)c2)cc1. The smallest absolute Gasteiger partial charge is 0.234 e. The first-order valence-corrected chi connectivity index (χ1v) is 13.0. The normalized spacial score (nSPS) is 16.7. The van der Waals surface area contributed by atoms with Gasteiger partial charge in [0.05, 0.1) is 18.0 Å². The number of rotatable bonds is 9. The van der Waals surface area contributed by atoms with Crippen molar-refractivity contribution in [3.05, 3.63) is 95.0 Å². The van der Waals surface area contributed by atoms with Crippen LogP contribution in [0.15, 0.2) is 83.9 Å². The highest BCUT2D eigenvalue weighted by atomic mass is 35.5. The van der Waals surface area contributed by atoms with E-state index in [1.807, 2.05) is 66.7 Å². The summed E-state index contributed by atoms with van der Waals surface area (Å²) >= 11 is 7.47. The minimum absolute atomic E-state index is 0.119. The third-order valence-corrected chi connectivity index (χ3v) is 7.23. The van der Waals surface area contributed by atoms with Gasteiger partial charge in [0.2, 0.25) is 11.8 Å². The molecule has 0 bridgehead atoms. The summed E-state index contributed by atoms with van der Waals surface area (Å²) in [5.74, 6) is 0.511. The molecule has 1 saturated heterocycles. The van der Waals surface area contributed by atoms with Gasteiger partial charge in [0, 0.05) is 24.5 Å². The van der Waals surface area contributed by atoms with Crippen molar-refractivity contribution in [2.24, 2.45) is 4.99 Å². The molecule has 2 amide bonds. The maximum Gasteiger partial charge on any atom is 0.234 e. The van der Waals surface area contributed by atoms with Crippen LogP contribution >= 0.6 is 23.4 Å². The van der Waals surface area contributed by atoms with Gasteiger partial charge in [-0.05, 0) is 54.3 Å². The molecule has 1 fully saturated rings. The second-order valence-electron chi connectivity index (χ2n) is 8.35. The first-order valence-electron chi connectivity index (χ1n) is 11.8. The molecule has 1 unspecified atom stereocenters. The number of thioether (sulfide) groups is 1. The quantitative estimate of drug-likeness (QED) is 0.416. The molecule has 1 aliphatic heterocycles. The number of benzene rings is 3. The van der Waals surface area contributed by atoms with Crippen molar-refractivity contribution in [1.29, 1.82) is 0 Å². The van der Waals surface area contributed by atoms with E-state index in [0.29, 0.717) is 35.4 Å². The standard InChI is InChI=1S/C28H28ClN3O3S/c1-35-24-12-10-21(11-13-24)15-17-32-26(33)19-25(27(34)30-16-14-20-6-3-2-4-7-20)36-28(32)31-23-9-5-8-22(29)18-23/h2-13,18,25H,14-17,19H2,1H3,(H,30,34). The number of hydrogen-bond donors (Lipinski definition) is 1. The number of carbonyl (C=O) groups is 2. The van der Waals surface area contributed by atoms with Gasteiger partial charge in [-0.3, -0.25) is 14.5 Å². The van der Waals surface area contributed by atoms with Gasteiger partial charge in [0.1, 0.15) is 5.75 Å². The largest absolute Gasteiger partial charge is 0.497 e. The van der Waals surface area contributed by atoms with Gasteiger partial charge < -0.3 is 10.1 Å². The van der Waals surface area contributed by atoms with Gasteiger partial charge >= 0.3 is 0 Å². The van der Waals surface area contributed by atoms with E-state index in [0.717, 1.165) is 23.3 Å². The highest BCUT2D eigenvalue weighted by Crippen LogP contribution is 2.30. The number of carbonyl (C=O) groups excluding carboxylic acids is 2. The molecule has 1 N–H and O–H groups in total. The van der Waals surface area contributed by atoms with Gasteiger partial charge in [-0.15, -0.1) is 0 Å². The summed E-state index contributed by atoms with van der Waals surface area (Å²) in [5, 5.41) is 3.51. The zero-order chi connectivity index (χ0) is 25.3. The second kappa shape index (κ2) is 12.6. The monoisotopic (exact) mass is 521 g/mol. The molecule has 8 heteroatoms. The Morgan fingerprint density at radius 1 is 1.06 bits per heavy atom. The predicted molar refractivity (Wildman–Crippen MR) is 146 cm³/mol. The third kappa shape index (κ3) is 7.12. The fraction of sp³-hybridized carbons (Fsp3) is 0.250. The molecule has 0 saturated carbocycles. The minimum atomic E-state index is -0.538. The maximum absolute atomic E-state index is 13.2. The molecule has 186 valence electrons. The Hall–Kier alpha value is -3.29. The molecule has 0 spiro atoms. The lowest BCUT2D eigenvalue weighted by Crippen LogP contribution is -2.47. The van der Waals surface area contributed by atoms with Crippen molar-refractivity contribution in [2.45, 2.75) is 24.5 Å². The van der Waals surface area contributed by atoms with E-state index in [-0.39, 0.29) is 18.2 Å². The van der Waals surface area contributed by atoms with E-state index in [4.69, 9.17) is 21.3 Å². The number of halogens is 1. The molecule has 0 aromatic heterocycles. The van der Waals surface area contributed by atoms with Crippen molar-refractivity contribution in [3.63, 3.8) is 0 Å². The molecule has 36 heavy (non-hydrogen) atoms. The van der Waals surface area contributed by atoms with Crippen LogP contribution in [-0.4, -0.2) is 47.3 Å². The summed E-state index contributed by atoms with van der Waals surface area (Å²) in [6.07, 6.45) is 1.51. The van der Waals surface area contributed by atoms with Crippen molar-refractivity contribution >= 4 is 46.0 Å². The van der Waals surface area contributed by atoms with Crippen LogP contribution in [-0.2, 0) is 22.4 Å². The molecule has 6 nitrogen and oxygen atoms in total. The maximum atomic E-state index is 13.2. The number of amidine groups is 1. The number of nitrogens with zero attached hydrogens (tertiary/aromatic N) is 2. The molecule has 3 aromatic carbocycles. The fourth-order valence-corrected chi connectivity index (χ4v) is 5.17. The lowest BCUT2D eigenvalue weighted by atomic mass is 10.1. The van der Waals surface area contributed by atoms with Gasteiger partial charge in [0.25, 0.3) is 0 Å². The summed E-state index contributed by atoms with van der Waals surface area (Å²) in [7, 11) is 1.63. The van der Waals surface area contributed by atoms with Gasteiger partial charge in [-0.2, -0.15) is 0 Å². The van der Waals surface area contributed by atoms with Crippen LogP contribution in [0.5, 0.6) is 5.75 Å². The summed E-state index contributed by atoms with van der Waals surface area (Å²) in [4.78, 5) is 32.5. The second-order valence-corrected chi connectivity index (χ2v) is 9.96. The van der Waals surface area contributed by atoms with E-state index in [1.54, 1.807) is 24.1 Å². The molecule has 3 aromatic rings. The summed E-state index contributed by atoms with van der Waals surface area (Å²) in [5.41, 5.74) is 2.87. The predicted octanol–water partition coefficient (Wildman–Crippen LogP) is 5.27. The first kappa shape index (κ1) is 25.8. The molecule has 1 aliphatic rings. The number of hydrogen-bond acceptors (Lipinski definition) is 5. The minimum Gasteiger partial charge on any atom is -0.497 e. The van der Waals surface area contributed by atoms with E-state index >= 15 is 0 Å². The van der Waals surface area contributed by atoms with Gasteiger partial charge in [0.15, 0.2) is 5.17 Å². The Kier molecular flexibility index (Phi) is 9.03. The first-order chi connectivity index (χ1) is 17.5. The fourth-order valence-electron chi connectivity index (χ4n) is 3.84. The van der Waals surface area contributed by atoms with Crippen molar-refractivity contribution in [2.75, 3.05) is 20.2 Å². The number of aliphatic imine (C=N–C) groups is 1. The molecular weight excluding hydrogens is 494 g/mol.